The van der Waals surface area contributed by atoms with Crippen LogP contribution in [0, 0.1) is 18.2 Å². The molecule has 0 bridgehead atoms. The molecule has 2 aliphatic rings. The second kappa shape index (κ2) is 7.14. The summed E-state index contributed by atoms with van der Waals surface area (Å²) in [5, 5.41) is 4.53. The lowest BCUT2D eigenvalue weighted by Crippen LogP contribution is -2.47. The van der Waals surface area contributed by atoms with Crippen molar-refractivity contribution in [3.8, 4) is 5.69 Å². The fourth-order valence-electron chi connectivity index (χ4n) is 4.78. The quantitative estimate of drug-likeness (QED) is 0.612. The molecule has 7 heteroatoms. The molecule has 0 spiro atoms. The number of rotatable bonds is 3. The van der Waals surface area contributed by atoms with Gasteiger partial charge in [-0.25, -0.2) is 17.5 Å². The van der Waals surface area contributed by atoms with E-state index < -0.39 is 10.0 Å². The van der Waals surface area contributed by atoms with E-state index >= 15 is 0 Å². The summed E-state index contributed by atoms with van der Waals surface area (Å²) in [6.07, 6.45) is 5.38. The Bertz CT molecular complexity index is 1290. The van der Waals surface area contributed by atoms with E-state index in [4.69, 9.17) is 0 Å². The smallest absolute Gasteiger partial charge is 0.233 e. The highest BCUT2D eigenvalue weighted by Gasteiger charge is 2.43. The summed E-state index contributed by atoms with van der Waals surface area (Å²) >= 11 is 0. The second-order valence-corrected chi connectivity index (χ2v) is 10.6. The van der Waals surface area contributed by atoms with Gasteiger partial charge in [0.15, 0.2) is 0 Å². The highest BCUT2D eigenvalue weighted by Crippen LogP contribution is 2.45. The van der Waals surface area contributed by atoms with Crippen molar-refractivity contribution in [1.29, 1.82) is 0 Å². The number of hydrogen-bond acceptors (Lipinski definition) is 3. The Morgan fingerprint density at radius 3 is 2.58 bits per heavy atom. The van der Waals surface area contributed by atoms with Crippen LogP contribution in [0.5, 0.6) is 0 Å². The van der Waals surface area contributed by atoms with Crippen LogP contribution in [0.15, 0.2) is 65.2 Å². The molecule has 1 aromatic heterocycles. The van der Waals surface area contributed by atoms with Crippen LogP contribution in [0.4, 0.5) is 4.39 Å². The zero-order valence-corrected chi connectivity index (χ0v) is 18.4. The number of nitrogens with zero attached hydrogens (tertiary/aromatic N) is 3. The van der Waals surface area contributed by atoms with Crippen LogP contribution in [0.2, 0.25) is 0 Å². The highest BCUT2D eigenvalue weighted by atomic mass is 32.2. The van der Waals surface area contributed by atoms with Crippen LogP contribution < -0.4 is 0 Å². The maximum Gasteiger partial charge on any atom is 0.243 e. The zero-order valence-electron chi connectivity index (χ0n) is 17.5. The van der Waals surface area contributed by atoms with E-state index in [1.54, 1.807) is 28.6 Å². The summed E-state index contributed by atoms with van der Waals surface area (Å²) in [6, 6.07) is 13.4. The summed E-state index contributed by atoms with van der Waals surface area (Å²) < 4.78 is 43.5. The van der Waals surface area contributed by atoms with Crippen molar-refractivity contribution in [2.45, 2.75) is 31.6 Å². The highest BCUT2D eigenvalue weighted by molar-refractivity contribution is 7.89. The number of aryl methyl sites for hydroxylation is 1. The Labute approximate surface area is 181 Å². The number of sulfonamides is 1. The third-order valence-corrected chi connectivity index (χ3v) is 8.50. The average Bonchev–Trinajstić information content (AvgIpc) is 3.14. The van der Waals surface area contributed by atoms with Gasteiger partial charge in [0.05, 0.1) is 22.5 Å². The first-order valence-electron chi connectivity index (χ1n) is 10.4. The molecule has 3 aromatic rings. The minimum Gasteiger partial charge on any atom is -0.233 e. The summed E-state index contributed by atoms with van der Waals surface area (Å²) in [6.45, 7) is 4.87. The second-order valence-electron chi connectivity index (χ2n) is 8.70. The van der Waals surface area contributed by atoms with Gasteiger partial charge < -0.3 is 0 Å². The molecule has 1 unspecified atom stereocenters. The van der Waals surface area contributed by atoms with Crippen molar-refractivity contribution in [3.05, 3.63) is 82.9 Å². The van der Waals surface area contributed by atoms with Gasteiger partial charge in [-0.05, 0) is 67.3 Å². The lowest BCUT2D eigenvalue weighted by Gasteiger charge is -2.44. The summed E-state index contributed by atoms with van der Waals surface area (Å²) in [7, 11) is -3.55. The Hall–Kier alpha value is -2.77. The van der Waals surface area contributed by atoms with Crippen LogP contribution in [-0.4, -0.2) is 35.6 Å². The molecule has 0 amide bonds. The number of fused-ring (bicyclic) bond motifs is 2. The molecular formula is C24H24FN3O2S. The van der Waals surface area contributed by atoms with Gasteiger partial charge in [0.1, 0.15) is 5.82 Å². The Morgan fingerprint density at radius 1 is 1.10 bits per heavy atom. The molecule has 1 atom stereocenters. The van der Waals surface area contributed by atoms with E-state index in [9.17, 15) is 12.8 Å². The first-order chi connectivity index (χ1) is 14.8. The number of aromatic nitrogens is 2. The van der Waals surface area contributed by atoms with Crippen LogP contribution >= 0.6 is 0 Å². The van der Waals surface area contributed by atoms with Gasteiger partial charge in [-0.15, -0.1) is 0 Å². The molecule has 0 radical (unpaired) electrons. The molecule has 2 aromatic carbocycles. The van der Waals surface area contributed by atoms with Gasteiger partial charge in [-0.1, -0.05) is 30.7 Å². The minimum absolute atomic E-state index is 0.280. The number of halogens is 1. The third-order valence-electron chi connectivity index (χ3n) is 6.49. The normalized spacial score (nSPS) is 21.3. The number of benzene rings is 2. The van der Waals surface area contributed by atoms with Crippen molar-refractivity contribution in [1.82, 2.24) is 14.1 Å². The Balaban J connectivity index is 1.47. The molecule has 1 saturated heterocycles. The van der Waals surface area contributed by atoms with Gasteiger partial charge in [0.2, 0.25) is 10.0 Å². The first-order valence-corrected chi connectivity index (χ1v) is 11.8. The minimum atomic E-state index is -3.55. The average molecular weight is 438 g/mol. The Morgan fingerprint density at radius 2 is 1.84 bits per heavy atom. The van der Waals surface area contributed by atoms with Gasteiger partial charge in [-0.3, -0.25) is 0 Å². The van der Waals surface area contributed by atoms with Gasteiger partial charge >= 0.3 is 0 Å². The van der Waals surface area contributed by atoms with Crippen LogP contribution in [-0.2, 0) is 16.4 Å². The molecule has 31 heavy (non-hydrogen) atoms. The lowest BCUT2D eigenvalue weighted by molar-refractivity contribution is 0.231. The predicted octanol–water partition coefficient (Wildman–Crippen LogP) is 4.36. The number of hydrogen-bond donors (Lipinski definition) is 0. The number of piperidine rings is 1. The SMILES string of the molecule is Cc1ccccc1S(=O)(=O)N1CCC2=Cc3c(cnn3-c3ccc(F)cc3)CC2(C)C1. The van der Waals surface area contributed by atoms with Gasteiger partial charge in [0, 0.05) is 18.5 Å². The summed E-state index contributed by atoms with van der Waals surface area (Å²) in [5.41, 5.74) is 4.60. The van der Waals surface area contributed by atoms with E-state index in [2.05, 4.69) is 18.1 Å². The summed E-state index contributed by atoms with van der Waals surface area (Å²) in [4.78, 5) is 0.381. The maximum absolute atomic E-state index is 13.3. The molecule has 1 aliphatic carbocycles. The van der Waals surface area contributed by atoms with E-state index in [-0.39, 0.29) is 11.2 Å². The molecule has 160 valence electrons. The van der Waals surface area contributed by atoms with Crippen LogP contribution in [0.1, 0.15) is 30.2 Å². The largest absolute Gasteiger partial charge is 0.243 e. The van der Waals surface area contributed by atoms with Crippen LogP contribution in [0.3, 0.4) is 0 Å². The van der Waals surface area contributed by atoms with E-state index in [0.29, 0.717) is 24.4 Å². The molecule has 2 heterocycles. The fraction of sp³-hybridized carbons (Fsp3) is 0.292. The van der Waals surface area contributed by atoms with Crippen molar-refractivity contribution in [2.75, 3.05) is 13.1 Å². The topological polar surface area (TPSA) is 55.2 Å². The predicted molar refractivity (Wildman–Crippen MR) is 118 cm³/mol. The monoisotopic (exact) mass is 437 g/mol. The van der Waals surface area contributed by atoms with E-state index in [1.807, 2.05) is 29.9 Å². The molecule has 1 aliphatic heterocycles. The zero-order chi connectivity index (χ0) is 21.8. The van der Waals surface area contributed by atoms with E-state index in [1.165, 1.54) is 17.7 Å². The van der Waals surface area contributed by atoms with Crippen molar-refractivity contribution < 1.29 is 12.8 Å². The maximum atomic E-state index is 13.3. The molecule has 5 rings (SSSR count). The van der Waals surface area contributed by atoms with E-state index in [0.717, 1.165) is 28.9 Å². The molecular weight excluding hydrogens is 413 g/mol. The Kier molecular flexibility index (Phi) is 4.64. The van der Waals surface area contributed by atoms with Crippen molar-refractivity contribution in [2.24, 2.45) is 5.41 Å². The fourth-order valence-corrected chi connectivity index (χ4v) is 6.57. The van der Waals surface area contributed by atoms with Crippen molar-refractivity contribution in [3.63, 3.8) is 0 Å². The van der Waals surface area contributed by atoms with Crippen LogP contribution in [0.25, 0.3) is 11.8 Å². The molecule has 0 saturated carbocycles. The van der Waals surface area contributed by atoms with Crippen molar-refractivity contribution >= 4 is 16.1 Å². The first kappa shape index (κ1) is 20.2. The molecule has 5 nitrogen and oxygen atoms in total. The lowest BCUT2D eigenvalue weighted by atomic mass is 9.70. The molecule has 1 fully saturated rings. The molecule has 0 N–H and O–H groups in total. The van der Waals surface area contributed by atoms with Gasteiger partial charge in [0.25, 0.3) is 0 Å². The van der Waals surface area contributed by atoms with Gasteiger partial charge in [-0.2, -0.15) is 9.40 Å². The summed E-state index contributed by atoms with van der Waals surface area (Å²) in [5.74, 6) is -0.280. The standard InChI is InChI=1S/C24H24FN3O2S/c1-17-5-3-4-6-23(17)31(29,30)27-12-11-19-13-22-18(14-24(19,2)16-27)15-26-28(22)21-9-7-20(25)8-10-21/h3-10,13,15H,11-12,14,16H2,1-2H3. The third kappa shape index (κ3) is 3.32.